The Bertz CT molecular complexity index is 971. The van der Waals surface area contributed by atoms with Crippen molar-refractivity contribution in [2.75, 3.05) is 24.5 Å². The van der Waals surface area contributed by atoms with E-state index in [2.05, 4.69) is 20.2 Å². The zero-order chi connectivity index (χ0) is 19.6. The van der Waals surface area contributed by atoms with E-state index in [1.54, 1.807) is 6.20 Å². The number of hydrogen-bond donors (Lipinski definition) is 2. The zero-order valence-corrected chi connectivity index (χ0v) is 16.0. The fourth-order valence-electron chi connectivity index (χ4n) is 3.85. The first kappa shape index (κ1) is 18.4. The predicted octanol–water partition coefficient (Wildman–Crippen LogP) is 1.89. The molecular formula is C21H25N5O2. The summed E-state index contributed by atoms with van der Waals surface area (Å²) in [4.78, 5) is 23.5. The molecule has 146 valence electrons. The summed E-state index contributed by atoms with van der Waals surface area (Å²) in [5.41, 5.74) is 0.856. The van der Waals surface area contributed by atoms with Gasteiger partial charge in [-0.25, -0.2) is 9.97 Å². The van der Waals surface area contributed by atoms with Crippen LogP contribution in [0.15, 0.2) is 48.7 Å². The Morgan fingerprint density at radius 3 is 2.89 bits per heavy atom. The molecule has 28 heavy (non-hydrogen) atoms. The largest absolute Gasteiger partial charge is 0.386 e. The van der Waals surface area contributed by atoms with Gasteiger partial charge in [-0.1, -0.05) is 18.2 Å². The highest BCUT2D eigenvalue weighted by Gasteiger charge is 2.34. The molecule has 0 saturated carbocycles. The number of piperidine rings is 1. The summed E-state index contributed by atoms with van der Waals surface area (Å²) < 4.78 is 1.90. The minimum Gasteiger partial charge on any atom is -0.386 e. The summed E-state index contributed by atoms with van der Waals surface area (Å²) in [5.74, 6) is 1.52. The summed E-state index contributed by atoms with van der Waals surface area (Å²) in [6, 6.07) is 13.5. The van der Waals surface area contributed by atoms with Gasteiger partial charge in [0.15, 0.2) is 0 Å². The normalized spacial score (nSPS) is 19.7. The van der Waals surface area contributed by atoms with Gasteiger partial charge in [0.2, 0.25) is 5.91 Å². The minimum atomic E-state index is -0.961. The number of hydrogen-bond acceptors (Lipinski definition) is 5. The maximum atomic E-state index is 12.5. The topological polar surface area (TPSA) is 83.3 Å². The molecule has 1 amide bonds. The van der Waals surface area contributed by atoms with Gasteiger partial charge in [-0.2, -0.15) is 0 Å². The number of nitrogens with zero attached hydrogens (tertiary/aromatic N) is 4. The van der Waals surface area contributed by atoms with Crippen molar-refractivity contribution in [1.29, 1.82) is 0 Å². The molecule has 1 fully saturated rings. The minimum absolute atomic E-state index is 0.130. The number of carbonyl (C=O) groups excluding carboxylic acids is 1. The SMILES string of the molecule is Cc1nc2ccccc2n1CC(=O)NCC1(O)CCCN(c2ccccn2)C1. The van der Waals surface area contributed by atoms with E-state index in [-0.39, 0.29) is 19.0 Å². The van der Waals surface area contributed by atoms with Crippen LogP contribution in [-0.2, 0) is 11.3 Å². The van der Waals surface area contributed by atoms with Crippen molar-refractivity contribution in [2.24, 2.45) is 0 Å². The van der Waals surface area contributed by atoms with Crippen molar-refractivity contribution in [1.82, 2.24) is 19.9 Å². The Labute approximate surface area is 164 Å². The summed E-state index contributed by atoms with van der Waals surface area (Å²) in [5, 5.41) is 13.9. The van der Waals surface area contributed by atoms with E-state index in [1.165, 1.54) is 0 Å². The number of amides is 1. The molecule has 0 radical (unpaired) electrons. The number of aliphatic hydroxyl groups is 1. The third-order valence-electron chi connectivity index (χ3n) is 5.29. The van der Waals surface area contributed by atoms with Crippen LogP contribution in [-0.4, -0.2) is 50.8 Å². The lowest BCUT2D eigenvalue weighted by molar-refractivity contribution is -0.123. The number of para-hydroxylation sites is 2. The summed E-state index contributed by atoms with van der Waals surface area (Å²) in [6.45, 7) is 3.62. The fraction of sp³-hybridized carbons (Fsp3) is 0.381. The first-order chi connectivity index (χ1) is 13.5. The number of β-amino-alcohol motifs (C(OH)–C–C–N with tert-alkyl or cyclic N) is 1. The standard InChI is InChI=1S/C21H25N5O2/c1-16-24-17-7-2-3-8-18(17)26(16)13-20(27)23-14-21(28)10-6-12-25(15-21)19-9-4-5-11-22-19/h2-5,7-9,11,28H,6,10,12-15H2,1H3,(H,23,27). The molecule has 2 N–H and O–H groups in total. The third-order valence-corrected chi connectivity index (χ3v) is 5.29. The van der Waals surface area contributed by atoms with Crippen LogP contribution in [0.5, 0.6) is 0 Å². The molecule has 0 bridgehead atoms. The first-order valence-corrected chi connectivity index (χ1v) is 9.61. The molecule has 3 heterocycles. The van der Waals surface area contributed by atoms with Gasteiger partial charge in [0.25, 0.3) is 0 Å². The van der Waals surface area contributed by atoms with Crippen LogP contribution in [0.3, 0.4) is 0 Å². The number of imidazole rings is 1. The van der Waals surface area contributed by atoms with Gasteiger partial charge >= 0.3 is 0 Å². The van der Waals surface area contributed by atoms with Crippen molar-refractivity contribution < 1.29 is 9.90 Å². The number of anilines is 1. The molecule has 1 aliphatic rings. The molecule has 3 aromatic rings. The van der Waals surface area contributed by atoms with Crippen molar-refractivity contribution in [3.63, 3.8) is 0 Å². The van der Waals surface area contributed by atoms with E-state index in [4.69, 9.17) is 0 Å². The molecule has 0 spiro atoms. The molecular weight excluding hydrogens is 354 g/mol. The second kappa shape index (κ2) is 7.59. The molecule has 7 heteroatoms. The van der Waals surface area contributed by atoms with E-state index in [0.717, 1.165) is 35.6 Å². The second-order valence-corrected chi connectivity index (χ2v) is 7.45. The number of nitrogens with one attached hydrogen (secondary N) is 1. The third kappa shape index (κ3) is 3.84. The molecule has 1 unspecified atom stereocenters. The van der Waals surface area contributed by atoms with Crippen LogP contribution < -0.4 is 10.2 Å². The Hall–Kier alpha value is -2.93. The average Bonchev–Trinajstić information content (AvgIpc) is 3.02. The Kier molecular flexibility index (Phi) is 5.00. The Balaban J connectivity index is 1.39. The van der Waals surface area contributed by atoms with Crippen LogP contribution in [0.1, 0.15) is 18.7 Å². The molecule has 4 rings (SSSR count). The van der Waals surface area contributed by atoms with Crippen LogP contribution in [0, 0.1) is 6.92 Å². The van der Waals surface area contributed by atoms with Gasteiger partial charge in [0.1, 0.15) is 18.2 Å². The monoisotopic (exact) mass is 379 g/mol. The summed E-state index contributed by atoms with van der Waals surface area (Å²) >= 11 is 0. The molecule has 1 aromatic carbocycles. The predicted molar refractivity (Wildman–Crippen MR) is 108 cm³/mol. The lowest BCUT2D eigenvalue weighted by Crippen LogP contribution is -2.54. The number of pyridine rings is 1. The second-order valence-electron chi connectivity index (χ2n) is 7.45. The van der Waals surface area contributed by atoms with Gasteiger partial charge < -0.3 is 19.9 Å². The molecule has 1 aliphatic heterocycles. The highest BCUT2D eigenvalue weighted by atomic mass is 16.3. The number of aromatic nitrogens is 3. The lowest BCUT2D eigenvalue weighted by atomic mass is 9.92. The van der Waals surface area contributed by atoms with Gasteiger partial charge in [-0.3, -0.25) is 4.79 Å². The van der Waals surface area contributed by atoms with E-state index in [1.807, 2.05) is 54.0 Å². The van der Waals surface area contributed by atoms with Crippen molar-refractivity contribution >= 4 is 22.8 Å². The van der Waals surface area contributed by atoms with Gasteiger partial charge in [0.05, 0.1) is 16.6 Å². The molecule has 1 saturated heterocycles. The number of aryl methyl sites for hydroxylation is 1. The summed E-state index contributed by atoms with van der Waals surface area (Å²) in [7, 11) is 0. The summed E-state index contributed by atoms with van der Waals surface area (Å²) in [6.07, 6.45) is 3.26. The average molecular weight is 379 g/mol. The quantitative estimate of drug-likeness (QED) is 0.707. The molecule has 7 nitrogen and oxygen atoms in total. The van der Waals surface area contributed by atoms with Crippen LogP contribution in [0.2, 0.25) is 0 Å². The van der Waals surface area contributed by atoms with Gasteiger partial charge in [0, 0.05) is 25.8 Å². The zero-order valence-electron chi connectivity index (χ0n) is 16.0. The highest BCUT2D eigenvalue weighted by molar-refractivity contribution is 5.81. The maximum absolute atomic E-state index is 12.5. The van der Waals surface area contributed by atoms with Crippen molar-refractivity contribution in [3.05, 3.63) is 54.5 Å². The van der Waals surface area contributed by atoms with Gasteiger partial charge in [-0.05, 0) is 44.0 Å². The van der Waals surface area contributed by atoms with E-state index < -0.39 is 5.60 Å². The molecule has 2 aromatic heterocycles. The van der Waals surface area contributed by atoms with Crippen molar-refractivity contribution in [3.8, 4) is 0 Å². The van der Waals surface area contributed by atoms with E-state index >= 15 is 0 Å². The van der Waals surface area contributed by atoms with E-state index in [9.17, 15) is 9.90 Å². The lowest BCUT2D eigenvalue weighted by Gasteiger charge is -2.39. The Morgan fingerprint density at radius 2 is 2.07 bits per heavy atom. The fourth-order valence-corrected chi connectivity index (χ4v) is 3.85. The molecule has 1 atom stereocenters. The highest BCUT2D eigenvalue weighted by Crippen LogP contribution is 2.24. The Morgan fingerprint density at radius 1 is 1.25 bits per heavy atom. The number of fused-ring (bicyclic) bond motifs is 1. The van der Waals surface area contributed by atoms with Crippen LogP contribution in [0.25, 0.3) is 11.0 Å². The van der Waals surface area contributed by atoms with Crippen molar-refractivity contribution in [2.45, 2.75) is 31.9 Å². The smallest absolute Gasteiger partial charge is 0.240 e. The van der Waals surface area contributed by atoms with Crippen LogP contribution >= 0.6 is 0 Å². The van der Waals surface area contributed by atoms with E-state index in [0.29, 0.717) is 13.0 Å². The molecule has 0 aliphatic carbocycles. The number of rotatable bonds is 5. The maximum Gasteiger partial charge on any atom is 0.240 e. The first-order valence-electron chi connectivity index (χ1n) is 9.61. The van der Waals surface area contributed by atoms with Crippen LogP contribution in [0.4, 0.5) is 5.82 Å². The van der Waals surface area contributed by atoms with Gasteiger partial charge in [-0.15, -0.1) is 0 Å². The number of benzene rings is 1. The number of carbonyl (C=O) groups is 1.